The van der Waals surface area contributed by atoms with Crippen LogP contribution in [0.1, 0.15) is 51.4 Å². The Kier molecular flexibility index (Phi) is 4.45. The zero-order valence-corrected chi connectivity index (χ0v) is 10.2. The van der Waals surface area contributed by atoms with E-state index < -0.39 is 0 Å². The van der Waals surface area contributed by atoms with Crippen LogP contribution in [0.4, 0.5) is 0 Å². The Morgan fingerprint density at radius 1 is 0.867 bits per heavy atom. The summed E-state index contributed by atoms with van der Waals surface area (Å²) < 4.78 is 0. The summed E-state index contributed by atoms with van der Waals surface area (Å²) in [5, 5.41) is 3.55. The molecule has 0 spiro atoms. The average Bonchev–Trinajstić information content (AvgIpc) is 2.55. The summed E-state index contributed by atoms with van der Waals surface area (Å²) in [6.45, 7) is 2.70. The van der Waals surface area contributed by atoms with E-state index in [1.807, 2.05) is 0 Å². The maximum absolute atomic E-state index is 3.55. The predicted octanol–water partition coefficient (Wildman–Crippen LogP) is 2.39. The lowest BCUT2D eigenvalue weighted by Crippen LogP contribution is -2.50. The van der Waals surface area contributed by atoms with Crippen LogP contribution in [0.5, 0.6) is 0 Å². The molecule has 1 aliphatic heterocycles. The Morgan fingerprint density at radius 2 is 1.53 bits per heavy atom. The van der Waals surface area contributed by atoms with E-state index in [0.29, 0.717) is 0 Å². The van der Waals surface area contributed by atoms with E-state index in [1.54, 1.807) is 0 Å². The van der Waals surface area contributed by atoms with E-state index in [4.69, 9.17) is 0 Å². The molecule has 15 heavy (non-hydrogen) atoms. The molecule has 1 aliphatic carbocycles. The van der Waals surface area contributed by atoms with E-state index in [-0.39, 0.29) is 0 Å². The average molecular weight is 210 g/mol. The molecule has 0 aromatic rings. The molecule has 0 aromatic carbocycles. The lowest BCUT2D eigenvalue weighted by Gasteiger charge is -2.38. The predicted molar refractivity (Wildman–Crippen MR) is 65.1 cm³/mol. The molecular weight excluding hydrogens is 184 g/mol. The molecule has 2 atom stereocenters. The Balaban J connectivity index is 1.95. The molecule has 2 unspecified atom stereocenters. The number of nitrogens with one attached hydrogen (secondary N) is 1. The second-order valence-corrected chi connectivity index (χ2v) is 5.20. The second-order valence-electron chi connectivity index (χ2n) is 5.20. The van der Waals surface area contributed by atoms with Gasteiger partial charge in [0.2, 0.25) is 0 Å². The summed E-state index contributed by atoms with van der Waals surface area (Å²) in [4.78, 5) is 2.76. The van der Waals surface area contributed by atoms with Crippen LogP contribution < -0.4 is 5.32 Å². The van der Waals surface area contributed by atoms with Crippen molar-refractivity contribution in [1.29, 1.82) is 0 Å². The van der Waals surface area contributed by atoms with Crippen molar-refractivity contribution in [2.45, 2.75) is 63.5 Å². The van der Waals surface area contributed by atoms with Gasteiger partial charge in [0.1, 0.15) is 0 Å². The van der Waals surface area contributed by atoms with Crippen molar-refractivity contribution in [3.8, 4) is 0 Å². The molecule has 1 saturated heterocycles. The number of hydrogen-bond donors (Lipinski definition) is 1. The van der Waals surface area contributed by atoms with Gasteiger partial charge >= 0.3 is 0 Å². The molecule has 2 nitrogen and oxygen atoms in total. The molecule has 2 fully saturated rings. The number of nitrogens with zero attached hydrogens (tertiary/aromatic N) is 1. The van der Waals surface area contributed by atoms with E-state index in [1.165, 1.54) is 64.5 Å². The number of hydrogen-bond acceptors (Lipinski definition) is 2. The third-order valence-corrected chi connectivity index (χ3v) is 4.21. The van der Waals surface area contributed by atoms with Gasteiger partial charge in [-0.2, -0.15) is 0 Å². The zero-order valence-electron chi connectivity index (χ0n) is 10.2. The second kappa shape index (κ2) is 5.86. The van der Waals surface area contributed by atoms with Gasteiger partial charge < -0.3 is 5.32 Å². The fourth-order valence-electron chi connectivity index (χ4n) is 3.31. The van der Waals surface area contributed by atoms with Crippen molar-refractivity contribution in [2.75, 3.05) is 20.1 Å². The number of rotatable bonds is 2. The fourth-order valence-corrected chi connectivity index (χ4v) is 3.31. The van der Waals surface area contributed by atoms with Gasteiger partial charge in [-0.15, -0.1) is 0 Å². The molecule has 2 aliphatic rings. The van der Waals surface area contributed by atoms with Gasteiger partial charge in [-0.25, -0.2) is 0 Å². The summed E-state index contributed by atoms with van der Waals surface area (Å²) in [7, 11) is 2.15. The highest BCUT2D eigenvalue weighted by atomic mass is 15.2. The Labute approximate surface area is 94.4 Å². The maximum atomic E-state index is 3.55. The van der Waals surface area contributed by atoms with Crippen LogP contribution in [0, 0.1) is 0 Å². The highest BCUT2D eigenvalue weighted by molar-refractivity contribution is 4.87. The first-order valence-electron chi connectivity index (χ1n) is 6.83. The standard InChI is InChI=1S/C13H26N2/c1-14-12-8-4-2-5-9-13(12)15-10-6-3-7-11-15/h12-14H,2-11H2,1H3. The molecule has 1 heterocycles. The van der Waals surface area contributed by atoms with E-state index in [0.717, 1.165) is 12.1 Å². The molecule has 1 N–H and O–H groups in total. The summed E-state index contributed by atoms with van der Waals surface area (Å²) >= 11 is 0. The molecule has 0 bridgehead atoms. The molecular formula is C13H26N2. The third-order valence-electron chi connectivity index (χ3n) is 4.21. The van der Waals surface area contributed by atoms with Crippen LogP contribution in [0.15, 0.2) is 0 Å². The first kappa shape index (κ1) is 11.4. The van der Waals surface area contributed by atoms with Crippen LogP contribution in [0.2, 0.25) is 0 Å². The molecule has 0 amide bonds. The Hall–Kier alpha value is -0.0800. The van der Waals surface area contributed by atoms with Crippen molar-refractivity contribution < 1.29 is 0 Å². The lowest BCUT2D eigenvalue weighted by atomic mass is 9.98. The first-order valence-corrected chi connectivity index (χ1v) is 6.83. The number of likely N-dealkylation sites (N-methyl/N-ethyl adjacent to an activating group) is 1. The smallest absolute Gasteiger partial charge is 0.0249 e. The summed E-state index contributed by atoms with van der Waals surface area (Å²) in [5.74, 6) is 0. The van der Waals surface area contributed by atoms with Crippen LogP contribution >= 0.6 is 0 Å². The molecule has 0 radical (unpaired) electrons. The Bertz CT molecular complexity index is 175. The van der Waals surface area contributed by atoms with Crippen molar-refractivity contribution in [2.24, 2.45) is 0 Å². The van der Waals surface area contributed by atoms with Crippen LogP contribution in [-0.2, 0) is 0 Å². The van der Waals surface area contributed by atoms with Crippen LogP contribution in [0.25, 0.3) is 0 Å². The lowest BCUT2D eigenvalue weighted by molar-refractivity contribution is 0.126. The molecule has 88 valence electrons. The fraction of sp³-hybridized carbons (Fsp3) is 1.00. The van der Waals surface area contributed by atoms with E-state index in [9.17, 15) is 0 Å². The van der Waals surface area contributed by atoms with Gasteiger partial charge in [-0.1, -0.05) is 25.7 Å². The van der Waals surface area contributed by atoms with E-state index >= 15 is 0 Å². The van der Waals surface area contributed by atoms with E-state index in [2.05, 4.69) is 17.3 Å². The summed E-state index contributed by atoms with van der Waals surface area (Å²) in [6, 6.07) is 1.59. The maximum Gasteiger partial charge on any atom is 0.0249 e. The minimum atomic E-state index is 0.755. The largest absolute Gasteiger partial charge is 0.315 e. The number of piperidine rings is 1. The first-order chi connectivity index (χ1) is 7.42. The van der Waals surface area contributed by atoms with Gasteiger partial charge in [-0.05, 0) is 45.8 Å². The minimum Gasteiger partial charge on any atom is -0.315 e. The summed E-state index contributed by atoms with van der Waals surface area (Å²) in [6.07, 6.45) is 11.4. The minimum absolute atomic E-state index is 0.755. The highest BCUT2D eigenvalue weighted by Crippen LogP contribution is 2.24. The van der Waals surface area contributed by atoms with Gasteiger partial charge in [0.05, 0.1) is 0 Å². The van der Waals surface area contributed by atoms with Gasteiger partial charge in [0.15, 0.2) is 0 Å². The van der Waals surface area contributed by atoms with Crippen molar-refractivity contribution in [3.63, 3.8) is 0 Å². The highest BCUT2D eigenvalue weighted by Gasteiger charge is 2.28. The Morgan fingerprint density at radius 3 is 2.27 bits per heavy atom. The zero-order chi connectivity index (χ0) is 10.5. The normalized spacial score (nSPS) is 35.0. The molecule has 2 heteroatoms. The van der Waals surface area contributed by atoms with Crippen molar-refractivity contribution in [3.05, 3.63) is 0 Å². The molecule has 1 saturated carbocycles. The van der Waals surface area contributed by atoms with Crippen molar-refractivity contribution >= 4 is 0 Å². The van der Waals surface area contributed by atoms with Gasteiger partial charge in [0.25, 0.3) is 0 Å². The number of likely N-dealkylation sites (tertiary alicyclic amines) is 1. The monoisotopic (exact) mass is 210 g/mol. The van der Waals surface area contributed by atoms with Gasteiger partial charge in [-0.3, -0.25) is 4.90 Å². The summed E-state index contributed by atoms with van der Waals surface area (Å²) in [5.41, 5.74) is 0. The van der Waals surface area contributed by atoms with Crippen LogP contribution in [-0.4, -0.2) is 37.1 Å². The van der Waals surface area contributed by atoms with Gasteiger partial charge in [0, 0.05) is 12.1 Å². The van der Waals surface area contributed by atoms with Crippen molar-refractivity contribution in [1.82, 2.24) is 10.2 Å². The molecule has 0 aromatic heterocycles. The molecule has 2 rings (SSSR count). The third kappa shape index (κ3) is 2.94. The van der Waals surface area contributed by atoms with Crippen LogP contribution in [0.3, 0.4) is 0 Å². The topological polar surface area (TPSA) is 15.3 Å². The quantitative estimate of drug-likeness (QED) is 0.704. The SMILES string of the molecule is CNC1CCCCCC1N1CCCCC1.